The highest BCUT2D eigenvalue weighted by atomic mass is 19.4. The van der Waals surface area contributed by atoms with Crippen molar-refractivity contribution in [2.24, 2.45) is 0 Å². The number of fused-ring (bicyclic) bond motifs is 1. The second kappa shape index (κ2) is 6.19. The Hall–Kier alpha value is -2.34. The zero-order valence-electron chi connectivity index (χ0n) is 10.5. The fourth-order valence-corrected chi connectivity index (χ4v) is 1.48. The third-order valence-electron chi connectivity index (χ3n) is 2.43. The topological polar surface area (TPSA) is 88.3 Å². The van der Waals surface area contributed by atoms with Gasteiger partial charge in [0.1, 0.15) is 0 Å². The van der Waals surface area contributed by atoms with Crippen molar-refractivity contribution >= 4 is 12.4 Å². The van der Waals surface area contributed by atoms with Crippen LogP contribution in [0.5, 0.6) is 0 Å². The van der Waals surface area contributed by atoms with Crippen LogP contribution in [0.25, 0.3) is 0 Å². The summed E-state index contributed by atoms with van der Waals surface area (Å²) in [5.41, 5.74) is 0. The van der Waals surface area contributed by atoms with Gasteiger partial charge in [0.25, 0.3) is 0 Å². The molecule has 0 unspecified atom stereocenters. The van der Waals surface area contributed by atoms with E-state index in [2.05, 4.69) is 10.2 Å². The molecule has 1 aliphatic heterocycles. The quantitative estimate of drug-likeness (QED) is 0.609. The second-order valence-corrected chi connectivity index (χ2v) is 3.97. The number of hydrogen-bond acceptors (Lipinski definition) is 4. The second-order valence-electron chi connectivity index (χ2n) is 3.97. The minimum atomic E-state index is -5.08. The van der Waals surface area contributed by atoms with Gasteiger partial charge in [0, 0.05) is 13.1 Å². The summed E-state index contributed by atoms with van der Waals surface area (Å²) in [6.45, 7) is 0.403. The van der Waals surface area contributed by atoms with Crippen molar-refractivity contribution in [1.82, 2.24) is 19.7 Å². The van der Waals surface area contributed by atoms with E-state index in [4.69, 9.17) is 9.90 Å². The summed E-state index contributed by atoms with van der Waals surface area (Å²) in [7, 11) is 0. The molecule has 0 aliphatic carbocycles. The molecule has 0 atom stereocenters. The van der Waals surface area contributed by atoms with Crippen LogP contribution < -0.4 is 0 Å². The molecular weight excluding hydrogens is 326 g/mol. The summed E-state index contributed by atoms with van der Waals surface area (Å²) in [6.07, 6.45) is -8.99. The number of aromatic nitrogens is 3. The predicted molar refractivity (Wildman–Crippen MR) is 55.2 cm³/mol. The van der Waals surface area contributed by atoms with E-state index in [0.29, 0.717) is 6.41 Å². The molecule has 1 aromatic heterocycles. The number of carbonyl (C=O) groups excluding carboxylic acids is 1. The highest BCUT2D eigenvalue weighted by molar-refractivity contribution is 5.73. The summed E-state index contributed by atoms with van der Waals surface area (Å²) >= 11 is 0. The zero-order chi connectivity index (χ0) is 17.1. The Bertz CT molecular complexity index is 553. The first-order valence-electron chi connectivity index (χ1n) is 5.45. The molecule has 0 saturated carbocycles. The lowest BCUT2D eigenvalue weighted by Gasteiger charge is -2.24. The molecule has 0 radical (unpaired) electrons. The molecule has 1 N–H and O–H groups in total. The summed E-state index contributed by atoms with van der Waals surface area (Å²) in [4.78, 5) is 20.7. The minimum absolute atomic E-state index is 0.0760. The Morgan fingerprint density at radius 3 is 2.09 bits per heavy atom. The monoisotopic (exact) mass is 334 g/mol. The van der Waals surface area contributed by atoms with Gasteiger partial charge in [0.05, 0.1) is 6.54 Å². The van der Waals surface area contributed by atoms with Crippen LogP contribution >= 0.6 is 0 Å². The Balaban J connectivity index is 0.000000295. The van der Waals surface area contributed by atoms with Crippen molar-refractivity contribution in [2.75, 3.05) is 6.54 Å². The van der Waals surface area contributed by atoms with E-state index in [-0.39, 0.29) is 25.5 Å². The van der Waals surface area contributed by atoms with Crippen LogP contribution in [-0.2, 0) is 28.9 Å². The summed E-state index contributed by atoms with van der Waals surface area (Å²) < 4.78 is 69.9. The third-order valence-corrected chi connectivity index (χ3v) is 2.43. The normalized spacial score (nSPS) is 14.7. The number of carboxylic acids is 1. The van der Waals surface area contributed by atoms with Crippen molar-refractivity contribution in [3.8, 4) is 0 Å². The number of amides is 1. The Labute approximate surface area is 118 Å². The molecule has 2 heterocycles. The maximum Gasteiger partial charge on any atom is 0.490 e. The van der Waals surface area contributed by atoms with Crippen LogP contribution in [0, 0.1) is 0 Å². The summed E-state index contributed by atoms with van der Waals surface area (Å²) in [5.74, 6) is -3.59. The van der Waals surface area contributed by atoms with Gasteiger partial charge in [0.2, 0.25) is 12.2 Å². The SMILES string of the molecule is O=C(O)C(F)(F)F.O=CN1CCn2c(nnc2C(F)(F)F)C1. The largest absolute Gasteiger partial charge is 0.490 e. The maximum atomic E-state index is 12.4. The molecule has 124 valence electrons. The van der Waals surface area contributed by atoms with Gasteiger partial charge in [-0.05, 0) is 0 Å². The molecule has 0 bridgehead atoms. The predicted octanol–water partition coefficient (Wildman–Crippen LogP) is 0.902. The Morgan fingerprint density at radius 1 is 1.14 bits per heavy atom. The zero-order valence-corrected chi connectivity index (χ0v) is 10.5. The minimum Gasteiger partial charge on any atom is -0.475 e. The van der Waals surface area contributed by atoms with Crippen LogP contribution in [0.2, 0.25) is 0 Å². The van der Waals surface area contributed by atoms with E-state index in [1.165, 1.54) is 4.90 Å². The molecule has 0 spiro atoms. The van der Waals surface area contributed by atoms with E-state index in [1.807, 2.05) is 0 Å². The van der Waals surface area contributed by atoms with E-state index >= 15 is 0 Å². The van der Waals surface area contributed by atoms with Gasteiger partial charge in [0.15, 0.2) is 5.82 Å². The fourth-order valence-electron chi connectivity index (χ4n) is 1.48. The molecule has 0 saturated heterocycles. The number of carbonyl (C=O) groups is 2. The van der Waals surface area contributed by atoms with Gasteiger partial charge >= 0.3 is 18.3 Å². The van der Waals surface area contributed by atoms with Crippen molar-refractivity contribution < 1.29 is 41.0 Å². The molecule has 0 aromatic carbocycles. The van der Waals surface area contributed by atoms with Crippen LogP contribution in [0.4, 0.5) is 26.3 Å². The lowest BCUT2D eigenvalue weighted by Crippen LogP contribution is -2.34. The molecule has 7 nitrogen and oxygen atoms in total. The molecule has 1 aromatic rings. The van der Waals surface area contributed by atoms with Gasteiger partial charge in [-0.15, -0.1) is 10.2 Å². The number of nitrogens with zero attached hydrogens (tertiary/aromatic N) is 4. The highest BCUT2D eigenvalue weighted by Crippen LogP contribution is 2.29. The van der Waals surface area contributed by atoms with Crippen LogP contribution in [0.3, 0.4) is 0 Å². The Kier molecular flexibility index (Phi) is 4.98. The van der Waals surface area contributed by atoms with E-state index in [0.717, 1.165) is 4.57 Å². The first-order valence-corrected chi connectivity index (χ1v) is 5.45. The molecule has 13 heteroatoms. The van der Waals surface area contributed by atoms with Gasteiger partial charge in [-0.25, -0.2) is 4.79 Å². The van der Waals surface area contributed by atoms with Gasteiger partial charge < -0.3 is 14.6 Å². The molecule has 2 rings (SSSR count). The van der Waals surface area contributed by atoms with Crippen LogP contribution in [0.1, 0.15) is 11.6 Å². The lowest BCUT2D eigenvalue weighted by molar-refractivity contribution is -0.192. The molecule has 1 aliphatic rings. The number of aliphatic carboxylic acids is 1. The van der Waals surface area contributed by atoms with Gasteiger partial charge in [-0.1, -0.05) is 0 Å². The number of rotatable bonds is 1. The number of halogens is 6. The molecule has 1 amide bonds. The standard InChI is InChI=1S/C7H7F3N4O.C2HF3O2/c8-7(9,10)6-12-11-5-3-13(4-15)1-2-14(5)6;3-2(4,5)1(6)7/h4H,1-3H2;(H,6,7). The van der Waals surface area contributed by atoms with Crippen molar-refractivity contribution in [1.29, 1.82) is 0 Å². The van der Waals surface area contributed by atoms with Crippen molar-refractivity contribution in [3.05, 3.63) is 11.6 Å². The fraction of sp³-hybridized carbons (Fsp3) is 0.556. The molecular formula is C9H8F6N4O3. The first kappa shape index (κ1) is 17.7. The van der Waals surface area contributed by atoms with Crippen molar-refractivity contribution in [2.45, 2.75) is 25.4 Å². The van der Waals surface area contributed by atoms with E-state index < -0.39 is 24.1 Å². The highest BCUT2D eigenvalue weighted by Gasteiger charge is 2.39. The molecule has 0 fully saturated rings. The van der Waals surface area contributed by atoms with Gasteiger partial charge in [-0.2, -0.15) is 26.3 Å². The van der Waals surface area contributed by atoms with Gasteiger partial charge in [-0.3, -0.25) is 4.79 Å². The number of hydrogen-bond donors (Lipinski definition) is 1. The summed E-state index contributed by atoms with van der Waals surface area (Å²) in [6, 6.07) is 0. The maximum absolute atomic E-state index is 12.4. The Morgan fingerprint density at radius 2 is 1.68 bits per heavy atom. The van der Waals surface area contributed by atoms with E-state index in [9.17, 15) is 31.1 Å². The number of alkyl halides is 6. The average molecular weight is 334 g/mol. The summed E-state index contributed by atoms with van der Waals surface area (Å²) in [5, 5.41) is 13.6. The van der Waals surface area contributed by atoms with Crippen LogP contribution in [0.15, 0.2) is 0 Å². The van der Waals surface area contributed by atoms with Crippen molar-refractivity contribution in [3.63, 3.8) is 0 Å². The van der Waals surface area contributed by atoms with Crippen LogP contribution in [-0.4, -0.2) is 49.9 Å². The van der Waals surface area contributed by atoms with E-state index in [1.54, 1.807) is 0 Å². The molecule has 22 heavy (non-hydrogen) atoms. The third kappa shape index (κ3) is 4.33. The number of carboxylic acid groups (broad SMARTS) is 1. The first-order chi connectivity index (χ1) is 9.96. The lowest BCUT2D eigenvalue weighted by atomic mass is 10.3. The smallest absolute Gasteiger partial charge is 0.475 e. The average Bonchev–Trinajstić information content (AvgIpc) is 2.80.